The molecular formula is C9H10ClNOS. The predicted octanol–water partition coefficient (Wildman–Crippen LogP) is 3.14. The molecule has 4 heteroatoms. The molecule has 0 unspecified atom stereocenters. The summed E-state index contributed by atoms with van der Waals surface area (Å²) in [6.45, 7) is 1.98. The number of thiophene rings is 1. The van der Waals surface area contributed by atoms with E-state index in [2.05, 4.69) is 5.32 Å². The van der Waals surface area contributed by atoms with Crippen LogP contribution in [0.25, 0.3) is 0 Å². The summed E-state index contributed by atoms with van der Waals surface area (Å²) in [5.41, 5.74) is 0.696. The summed E-state index contributed by atoms with van der Waals surface area (Å²) in [5.74, 6) is 0.113. The van der Waals surface area contributed by atoms with Gasteiger partial charge in [0.15, 0.2) is 0 Å². The average molecular weight is 216 g/mol. The van der Waals surface area contributed by atoms with Crippen molar-refractivity contribution < 1.29 is 4.79 Å². The van der Waals surface area contributed by atoms with Gasteiger partial charge in [0.1, 0.15) is 0 Å². The maximum atomic E-state index is 11.6. The molecule has 0 radical (unpaired) electrons. The number of carbonyl (C=O) groups is 1. The quantitative estimate of drug-likeness (QED) is 0.807. The molecule has 1 aliphatic carbocycles. The van der Waals surface area contributed by atoms with Crippen LogP contribution in [0, 0.1) is 5.41 Å². The van der Waals surface area contributed by atoms with Crippen molar-refractivity contribution in [2.75, 3.05) is 5.32 Å². The van der Waals surface area contributed by atoms with E-state index in [-0.39, 0.29) is 11.3 Å². The molecular weight excluding hydrogens is 206 g/mol. The Morgan fingerprint density at radius 3 is 2.85 bits per heavy atom. The van der Waals surface area contributed by atoms with Crippen LogP contribution in [0.5, 0.6) is 0 Å². The van der Waals surface area contributed by atoms with E-state index < -0.39 is 0 Å². The van der Waals surface area contributed by atoms with E-state index in [0.717, 1.165) is 18.5 Å². The van der Waals surface area contributed by atoms with Gasteiger partial charge in [0.2, 0.25) is 5.91 Å². The molecule has 0 saturated heterocycles. The predicted molar refractivity (Wildman–Crippen MR) is 55.3 cm³/mol. The summed E-state index contributed by atoms with van der Waals surface area (Å²) in [6, 6.07) is 1.77. The molecule has 1 amide bonds. The number of rotatable bonds is 2. The van der Waals surface area contributed by atoms with Crippen LogP contribution < -0.4 is 5.32 Å². The van der Waals surface area contributed by atoms with Crippen molar-refractivity contribution in [3.8, 4) is 0 Å². The van der Waals surface area contributed by atoms with Gasteiger partial charge in [-0.05, 0) is 18.9 Å². The highest BCUT2D eigenvalue weighted by Crippen LogP contribution is 2.45. The minimum Gasteiger partial charge on any atom is -0.325 e. The molecule has 70 valence electrons. The Balaban J connectivity index is 2.02. The Morgan fingerprint density at radius 2 is 2.38 bits per heavy atom. The van der Waals surface area contributed by atoms with Crippen molar-refractivity contribution in [2.45, 2.75) is 19.8 Å². The summed E-state index contributed by atoms with van der Waals surface area (Å²) in [4.78, 5) is 11.6. The number of hydrogen-bond acceptors (Lipinski definition) is 2. The van der Waals surface area contributed by atoms with E-state index >= 15 is 0 Å². The van der Waals surface area contributed by atoms with Gasteiger partial charge < -0.3 is 5.32 Å². The van der Waals surface area contributed by atoms with Gasteiger partial charge in [0.25, 0.3) is 0 Å². The van der Waals surface area contributed by atoms with E-state index in [0.29, 0.717) is 4.34 Å². The molecule has 1 saturated carbocycles. The van der Waals surface area contributed by atoms with Gasteiger partial charge in [-0.1, -0.05) is 18.5 Å². The summed E-state index contributed by atoms with van der Waals surface area (Å²) in [5, 5.41) is 4.71. The van der Waals surface area contributed by atoms with Crippen molar-refractivity contribution in [3.05, 3.63) is 15.8 Å². The first-order chi connectivity index (χ1) is 6.10. The normalized spacial score (nSPS) is 18.3. The third-order valence-corrected chi connectivity index (χ3v) is 3.46. The van der Waals surface area contributed by atoms with Crippen LogP contribution in [-0.2, 0) is 4.79 Å². The number of halogens is 1. The molecule has 0 aliphatic heterocycles. The van der Waals surface area contributed by atoms with Gasteiger partial charge in [-0.2, -0.15) is 0 Å². The molecule has 1 aliphatic rings. The second-order valence-electron chi connectivity index (χ2n) is 3.65. The summed E-state index contributed by atoms with van der Waals surface area (Å²) in [7, 11) is 0. The largest absolute Gasteiger partial charge is 0.325 e. The van der Waals surface area contributed by atoms with E-state index in [1.54, 1.807) is 6.07 Å². The summed E-state index contributed by atoms with van der Waals surface area (Å²) in [6.07, 6.45) is 1.99. The zero-order valence-corrected chi connectivity index (χ0v) is 8.84. The van der Waals surface area contributed by atoms with Crippen LogP contribution in [0.3, 0.4) is 0 Å². The second-order valence-corrected chi connectivity index (χ2v) is 5.20. The third kappa shape index (κ3) is 1.86. The van der Waals surface area contributed by atoms with Gasteiger partial charge in [0, 0.05) is 10.8 Å². The Labute approximate surface area is 85.9 Å². The monoisotopic (exact) mass is 215 g/mol. The minimum absolute atomic E-state index is 0.113. The number of nitrogens with one attached hydrogen (secondary N) is 1. The number of carbonyl (C=O) groups excluding carboxylic acids is 1. The van der Waals surface area contributed by atoms with Gasteiger partial charge in [-0.15, -0.1) is 11.3 Å². The molecule has 13 heavy (non-hydrogen) atoms. The standard InChI is InChI=1S/C9H10ClNOS/c1-9(2-3-9)8(12)11-6-4-7(10)13-5-6/h4-5H,2-3H2,1H3,(H,11,12). The maximum absolute atomic E-state index is 11.6. The van der Waals surface area contributed by atoms with E-state index in [1.807, 2.05) is 12.3 Å². The molecule has 2 rings (SSSR count). The van der Waals surface area contributed by atoms with E-state index in [9.17, 15) is 4.79 Å². The first-order valence-corrected chi connectivity index (χ1v) is 5.41. The molecule has 1 N–H and O–H groups in total. The van der Waals surface area contributed by atoms with E-state index in [1.165, 1.54) is 11.3 Å². The molecule has 0 spiro atoms. The number of anilines is 1. The van der Waals surface area contributed by atoms with Crippen LogP contribution >= 0.6 is 22.9 Å². The topological polar surface area (TPSA) is 29.1 Å². The van der Waals surface area contributed by atoms with Crippen molar-refractivity contribution in [3.63, 3.8) is 0 Å². The van der Waals surface area contributed by atoms with Crippen LogP contribution in [0.1, 0.15) is 19.8 Å². The molecule has 0 atom stereocenters. The SMILES string of the molecule is CC1(C(=O)Nc2csc(Cl)c2)CC1. The van der Waals surface area contributed by atoms with Gasteiger partial charge in [0.05, 0.1) is 10.0 Å². The second kappa shape index (κ2) is 3.00. The lowest BCUT2D eigenvalue weighted by molar-refractivity contribution is -0.120. The molecule has 1 aromatic rings. The van der Waals surface area contributed by atoms with Gasteiger partial charge in [-0.3, -0.25) is 4.79 Å². The number of amides is 1. The smallest absolute Gasteiger partial charge is 0.230 e. The third-order valence-electron chi connectivity index (χ3n) is 2.37. The fourth-order valence-corrected chi connectivity index (χ4v) is 1.88. The Hall–Kier alpha value is -0.540. The van der Waals surface area contributed by atoms with Gasteiger partial charge in [-0.25, -0.2) is 0 Å². The van der Waals surface area contributed by atoms with Crippen LogP contribution in [-0.4, -0.2) is 5.91 Å². The first kappa shape index (κ1) is 9.03. The van der Waals surface area contributed by atoms with Crippen LogP contribution in [0.2, 0.25) is 4.34 Å². The first-order valence-electron chi connectivity index (χ1n) is 4.16. The van der Waals surface area contributed by atoms with Crippen LogP contribution in [0.15, 0.2) is 11.4 Å². The molecule has 0 bridgehead atoms. The lowest BCUT2D eigenvalue weighted by atomic mass is 10.1. The molecule has 2 nitrogen and oxygen atoms in total. The zero-order valence-electron chi connectivity index (χ0n) is 7.26. The van der Waals surface area contributed by atoms with E-state index in [4.69, 9.17) is 11.6 Å². The van der Waals surface area contributed by atoms with Crippen LogP contribution in [0.4, 0.5) is 5.69 Å². The fraction of sp³-hybridized carbons (Fsp3) is 0.444. The minimum atomic E-state index is -0.117. The zero-order chi connectivity index (χ0) is 9.47. The maximum Gasteiger partial charge on any atom is 0.230 e. The molecule has 0 aromatic carbocycles. The molecule has 1 fully saturated rings. The number of hydrogen-bond donors (Lipinski definition) is 1. The van der Waals surface area contributed by atoms with Gasteiger partial charge >= 0.3 is 0 Å². The van der Waals surface area contributed by atoms with Crippen molar-refractivity contribution in [2.24, 2.45) is 5.41 Å². The summed E-state index contributed by atoms with van der Waals surface area (Å²) < 4.78 is 0.705. The lowest BCUT2D eigenvalue weighted by Gasteiger charge is -2.07. The Kier molecular flexibility index (Phi) is 2.08. The van der Waals surface area contributed by atoms with Crippen molar-refractivity contribution in [1.29, 1.82) is 0 Å². The molecule has 1 aromatic heterocycles. The summed E-state index contributed by atoms with van der Waals surface area (Å²) >= 11 is 7.17. The highest BCUT2D eigenvalue weighted by molar-refractivity contribution is 7.14. The average Bonchev–Trinajstić information content (AvgIpc) is 2.69. The highest BCUT2D eigenvalue weighted by Gasteiger charge is 2.44. The lowest BCUT2D eigenvalue weighted by Crippen LogP contribution is -2.20. The molecule has 1 heterocycles. The van der Waals surface area contributed by atoms with Crippen molar-refractivity contribution >= 4 is 34.5 Å². The fourth-order valence-electron chi connectivity index (χ4n) is 1.07. The Bertz CT molecular complexity index is 343. The van der Waals surface area contributed by atoms with Crippen molar-refractivity contribution in [1.82, 2.24) is 0 Å². The highest BCUT2D eigenvalue weighted by atomic mass is 35.5. The Morgan fingerprint density at radius 1 is 1.69 bits per heavy atom.